The second-order valence-corrected chi connectivity index (χ2v) is 6.06. The van der Waals surface area contributed by atoms with Crippen LogP contribution in [0.15, 0.2) is 6.33 Å². The molecule has 3 rings (SSSR count). The van der Waals surface area contributed by atoms with Gasteiger partial charge in [-0.2, -0.15) is 5.10 Å². The Bertz CT molecular complexity index is 668. The first-order valence-electron chi connectivity index (χ1n) is 6.73. The minimum absolute atomic E-state index is 0.318. The molecule has 0 aromatic carbocycles. The summed E-state index contributed by atoms with van der Waals surface area (Å²) in [4.78, 5) is 22.4. The maximum Gasteiger partial charge on any atom is 0.410 e. The molecule has 1 N–H and O–H groups in total. The van der Waals surface area contributed by atoms with Crippen molar-refractivity contribution in [2.45, 2.75) is 39.5 Å². The van der Waals surface area contributed by atoms with E-state index in [2.05, 4.69) is 20.2 Å². The topological polar surface area (TPSA) is 88.9 Å². The fourth-order valence-electron chi connectivity index (χ4n) is 2.31. The predicted molar refractivity (Wildman–Crippen MR) is 74.1 cm³/mol. The molecule has 0 unspecified atom stereocenters. The Hall–Kier alpha value is -2.38. The van der Waals surface area contributed by atoms with Crippen LogP contribution in [0.1, 0.15) is 32.2 Å². The van der Waals surface area contributed by atoms with Gasteiger partial charge in [0.05, 0.1) is 24.5 Å². The number of aromatic amines is 1. The van der Waals surface area contributed by atoms with Crippen molar-refractivity contribution in [2.24, 2.45) is 7.05 Å². The van der Waals surface area contributed by atoms with Crippen molar-refractivity contribution in [3.63, 3.8) is 0 Å². The van der Waals surface area contributed by atoms with Crippen LogP contribution in [0.25, 0.3) is 11.6 Å². The Morgan fingerprint density at radius 3 is 2.71 bits per heavy atom. The van der Waals surface area contributed by atoms with Crippen LogP contribution in [0.3, 0.4) is 0 Å². The fraction of sp³-hybridized carbons (Fsp3) is 0.538. The zero-order chi connectivity index (χ0) is 15.2. The molecule has 2 aromatic rings. The van der Waals surface area contributed by atoms with Crippen LogP contribution in [-0.4, -0.2) is 41.3 Å². The third-order valence-electron chi connectivity index (χ3n) is 3.26. The molecule has 0 fully saturated rings. The molecule has 0 radical (unpaired) electrons. The molecule has 0 saturated carbocycles. The summed E-state index contributed by atoms with van der Waals surface area (Å²) in [5.74, 6) is 1.34. The van der Waals surface area contributed by atoms with Gasteiger partial charge >= 0.3 is 6.09 Å². The van der Waals surface area contributed by atoms with Crippen molar-refractivity contribution in [3.8, 4) is 11.6 Å². The maximum absolute atomic E-state index is 12.1. The van der Waals surface area contributed by atoms with Crippen LogP contribution < -0.4 is 0 Å². The Balaban J connectivity index is 1.79. The summed E-state index contributed by atoms with van der Waals surface area (Å²) in [5, 5.41) is 6.63. The first-order valence-corrected chi connectivity index (χ1v) is 6.73. The van der Waals surface area contributed by atoms with Gasteiger partial charge in [-0.25, -0.2) is 14.8 Å². The normalized spacial score (nSPS) is 14.4. The summed E-state index contributed by atoms with van der Waals surface area (Å²) in [6, 6.07) is 0. The number of hydrogen-bond acceptors (Lipinski definition) is 5. The molecule has 0 bridgehead atoms. The van der Waals surface area contributed by atoms with E-state index >= 15 is 0 Å². The summed E-state index contributed by atoms with van der Waals surface area (Å²) in [7, 11) is 1.91. The van der Waals surface area contributed by atoms with E-state index < -0.39 is 5.60 Å². The fourth-order valence-corrected chi connectivity index (χ4v) is 2.31. The highest BCUT2D eigenvalue weighted by Gasteiger charge is 2.32. The molecular formula is C13H18N6O2. The van der Waals surface area contributed by atoms with E-state index in [1.165, 1.54) is 6.33 Å². The lowest BCUT2D eigenvalue weighted by Gasteiger charge is -2.24. The number of carbonyl (C=O) groups is 1. The number of ether oxygens (including phenoxy) is 1. The Morgan fingerprint density at radius 2 is 2.14 bits per heavy atom. The molecule has 1 amide bonds. The van der Waals surface area contributed by atoms with E-state index in [9.17, 15) is 4.79 Å². The molecule has 21 heavy (non-hydrogen) atoms. The summed E-state index contributed by atoms with van der Waals surface area (Å²) in [6.45, 7) is 6.51. The minimum Gasteiger partial charge on any atom is -0.444 e. The van der Waals surface area contributed by atoms with Crippen molar-refractivity contribution in [1.82, 2.24) is 29.6 Å². The highest BCUT2D eigenvalue weighted by Crippen LogP contribution is 2.27. The van der Waals surface area contributed by atoms with E-state index in [1.54, 1.807) is 4.90 Å². The minimum atomic E-state index is -0.496. The number of fused-ring (bicyclic) bond motifs is 1. The SMILES string of the molecule is Cn1c(-c2ncn[nH]2)nc2c1CN(C(=O)OC(C)(C)C)C2. The van der Waals surface area contributed by atoms with E-state index in [0.717, 1.165) is 17.2 Å². The van der Waals surface area contributed by atoms with Crippen molar-refractivity contribution < 1.29 is 9.53 Å². The van der Waals surface area contributed by atoms with Gasteiger partial charge in [-0.1, -0.05) is 0 Å². The lowest BCUT2D eigenvalue weighted by atomic mass is 10.2. The van der Waals surface area contributed by atoms with Gasteiger partial charge in [-0.05, 0) is 20.8 Å². The van der Waals surface area contributed by atoms with Crippen molar-refractivity contribution >= 4 is 6.09 Å². The summed E-state index contributed by atoms with van der Waals surface area (Å²) >= 11 is 0. The smallest absolute Gasteiger partial charge is 0.410 e. The molecule has 2 aromatic heterocycles. The van der Waals surface area contributed by atoms with Gasteiger partial charge in [0.15, 0.2) is 11.6 Å². The van der Waals surface area contributed by atoms with Crippen molar-refractivity contribution in [2.75, 3.05) is 0 Å². The predicted octanol–water partition coefficient (Wildman–Crippen LogP) is 1.46. The van der Waals surface area contributed by atoms with Gasteiger partial charge in [-0.15, -0.1) is 0 Å². The van der Waals surface area contributed by atoms with Crippen LogP contribution in [0, 0.1) is 0 Å². The number of nitrogens with one attached hydrogen (secondary N) is 1. The number of rotatable bonds is 1. The third kappa shape index (κ3) is 2.48. The molecule has 8 nitrogen and oxygen atoms in total. The molecule has 3 heterocycles. The molecule has 0 spiro atoms. The zero-order valence-electron chi connectivity index (χ0n) is 12.5. The molecular weight excluding hydrogens is 272 g/mol. The molecule has 112 valence electrons. The summed E-state index contributed by atoms with van der Waals surface area (Å²) in [5.41, 5.74) is 1.37. The Morgan fingerprint density at radius 1 is 1.38 bits per heavy atom. The second kappa shape index (κ2) is 4.57. The van der Waals surface area contributed by atoms with Crippen molar-refractivity contribution in [3.05, 3.63) is 17.7 Å². The number of nitrogens with zero attached hydrogens (tertiary/aromatic N) is 5. The monoisotopic (exact) mass is 290 g/mol. The average Bonchev–Trinajstić information content (AvgIpc) is 3.05. The van der Waals surface area contributed by atoms with Gasteiger partial charge in [0.25, 0.3) is 0 Å². The quantitative estimate of drug-likeness (QED) is 0.858. The van der Waals surface area contributed by atoms with E-state index in [4.69, 9.17) is 4.74 Å². The van der Waals surface area contributed by atoms with Gasteiger partial charge in [0.1, 0.15) is 11.9 Å². The number of hydrogen-bond donors (Lipinski definition) is 1. The second-order valence-electron chi connectivity index (χ2n) is 6.06. The van der Waals surface area contributed by atoms with E-state index in [0.29, 0.717) is 18.9 Å². The third-order valence-corrected chi connectivity index (χ3v) is 3.26. The van der Waals surface area contributed by atoms with Crippen molar-refractivity contribution in [1.29, 1.82) is 0 Å². The van der Waals surface area contributed by atoms with Gasteiger partial charge in [0, 0.05) is 7.05 Å². The van der Waals surface area contributed by atoms with Crippen LogP contribution in [0.4, 0.5) is 4.79 Å². The molecule has 8 heteroatoms. The highest BCUT2D eigenvalue weighted by molar-refractivity contribution is 5.69. The number of carbonyl (C=O) groups excluding carboxylic acids is 1. The van der Waals surface area contributed by atoms with Crippen LogP contribution in [0.2, 0.25) is 0 Å². The number of H-pyrrole nitrogens is 1. The number of aromatic nitrogens is 5. The largest absolute Gasteiger partial charge is 0.444 e. The molecule has 0 saturated heterocycles. The Kier molecular flexibility index (Phi) is 2.96. The molecule has 0 atom stereocenters. The van der Waals surface area contributed by atoms with Crippen LogP contribution in [0.5, 0.6) is 0 Å². The van der Waals surface area contributed by atoms with Gasteiger partial charge in [0.2, 0.25) is 0 Å². The average molecular weight is 290 g/mol. The van der Waals surface area contributed by atoms with Gasteiger partial charge < -0.3 is 9.30 Å². The molecule has 0 aliphatic carbocycles. The number of amides is 1. The van der Waals surface area contributed by atoms with Crippen LogP contribution >= 0.6 is 0 Å². The molecule has 1 aliphatic heterocycles. The first-order chi connectivity index (χ1) is 9.85. The van der Waals surface area contributed by atoms with Crippen LogP contribution in [-0.2, 0) is 24.9 Å². The lowest BCUT2D eigenvalue weighted by molar-refractivity contribution is 0.0238. The lowest BCUT2D eigenvalue weighted by Crippen LogP contribution is -2.33. The first kappa shape index (κ1) is 13.6. The summed E-state index contributed by atoms with van der Waals surface area (Å²) in [6.07, 6.45) is 1.13. The Labute approximate surface area is 122 Å². The zero-order valence-corrected chi connectivity index (χ0v) is 12.5. The maximum atomic E-state index is 12.1. The van der Waals surface area contributed by atoms with E-state index in [-0.39, 0.29) is 6.09 Å². The molecule has 1 aliphatic rings. The number of imidazole rings is 1. The van der Waals surface area contributed by atoms with Gasteiger partial charge in [-0.3, -0.25) is 10.00 Å². The highest BCUT2D eigenvalue weighted by atomic mass is 16.6. The summed E-state index contributed by atoms with van der Waals surface area (Å²) < 4.78 is 7.32. The van der Waals surface area contributed by atoms with E-state index in [1.807, 2.05) is 32.4 Å². The standard InChI is InChI=1S/C13H18N6O2/c1-13(2,3)21-12(20)19-5-8-9(6-19)18(4)11(16-8)10-14-7-15-17-10/h7H,5-6H2,1-4H3,(H,14,15,17).